The van der Waals surface area contributed by atoms with Gasteiger partial charge in [0.25, 0.3) is 5.56 Å². The lowest BCUT2D eigenvalue weighted by molar-refractivity contribution is 0.435. The van der Waals surface area contributed by atoms with Crippen LogP contribution in [0.15, 0.2) is 65.8 Å². The highest BCUT2D eigenvalue weighted by atomic mass is 16.1. The summed E-state index contributed by atoms with van der Waals surface area (Å²) >= 11 is 0. The van der Waals surface area contributed by atoms with Crippen molar-refractivity contribution >= 4 is 11.0 Å². The number of pyridine rings is 1. The number of hydrogen-bond donors (Lipinski definition) is 1. The minimum atomic E-state index is -0.0107. The summed E-state index contributed by atoms with van der Waals surface area (Å²) in [5.41, 5.74) is 4.72. The van der Waals surface area contributed by atoms with Gasteiger partial charge in [-0.25, -0.2) is 9.97 Å². The number of nitrogens with zero attached hydrogens (tertiary/aromatic N) is 4. The fourth-order valence-electron chi connectivity index (χ4n) is 3.75. The molecule has 1 aliphatic carbocycles. The number of nitrogens with one attached hydrogen (secondary N) is 1. The van der Waals surface area contributed by atoms with Crippen molar-refractivity contribution in [2.45, 2.75) is 32.2 Å². The molecule has 3 aromatic heterocycles. The van der Waals surface area contributed by atoms with Gasteiger partial charge in [-0.2, -0.15) is 5.10 Å². The number of allylic oxidation sites excluding steroid dienone is 4. The summed E-state index contributed by atoms with van der Waals surface area (Å²) in [5, 5.41) is 7.81. The highest BCUT2D eigenvalue weighted by Crippen LogP contribution is 2.34. The van der Waals surface area contributed by atoms with Crippen LogP contribution in [0.25, 0.3) is 22.3 Å². The largest absolute Gasteiger partial charge is 0.311 e. The van der Waals surface area contributed by atoms with E-state index < -0.39 is 0 Å². The number of aromatic amines is 1. The van der Waals surface area contributed by atoms with Crippen LogP contribution in [0.3, 0.4) is 0 Å². The third kappa shape index (κ3) is 3.03. The molecule has 3 aromatic rings. The monoisotopic (exact) mass is 359 g/mol. The van der Waals surface area contributed by atoms with Gasteiger partial charge in [0.15, 0.2) is 5.65 Å². The van der Waals surface area contributed by atoms with Gasteiger partial charge >= 0.3 is 0 Å². The Kier molecular flexibility index (Phi) is 4.32. The maximum absolute atomic E-state index is 12.6. The fraction of sp³-hybridized carbons (Fsp3) is 0.238. The van der Waals surface area contributed by atoms with Gasteiger partial charge in [-0.3, -0.25) is 9.89 Å². The molecule has 1 unspecified atom stereocenters. The zero-order valence-corrected chi connectivity index (χ0v) is 15.3. The van der Waals surface area contributed by atoms with E-state index in [4.69, 9.17) is 0 Å². The first-order valence-corrected chi connectivity index (χ1v) is 8.98. The predicted octanol–water partition coefficient (Wildman–Crippen LogP) is 3.88. The summed E-state index contributed by atoms with van der Waals surface area (Å²) in [6.45, 7) is 9.65. The summed E-state index contributed by atoms with van der Waals surface area (Å²) in [7, 11) is 0. The van der Waals surface area contributed by atoms with Crippen LogP contribution in [0.2, 0.25) is 0 Å². The third-order valence-corrected chi connectivity index (χ3v) is 5.13. The lowest BCUT2D eigenvalue weighted by Crippen LogP contribution is -2.26. The molecular weight excluding hydrogens is 338 g/mol. The Balaban J connectivity index is 1.80. The second-order valence-electron chi connectivity index (χ2n) is 6.77. The molecule has 0 fully saturated rings. The number of H-pyrrole nitrogens is 1. The Morgan fingerprint density at radius 3 is 2.81 bits per heavy atom. The normalized spacial score (nSPS) is 17.3. The lowest BCUT2D eigenvalue weighted by atomic mass is 9.88. The maximum Gasteiger partial charge on any atom is 0.250 e. The van der Waals surface area contributed by atoms with Gasteiger partial charge in [0.05, 0.1) is 17.3 Å². The van der Waals surface area contributed by atoms with E-state index in [2.05, 4.69) is 33.3 Å². The van der Waals surface area contributed by atoms with E-state index in [1.165, 1.54) is 5.57 Å². The van der Waals surface area contributed by atoms with Gasteiger partial charge in [0.1, 0.15) is 5.82 Å². The zero-order valence-electron chi connectivity index (χ0n) is 15.3. The van der Waals surface area contributed by atoms with Crippen molar-refractivity contribution in [1.29, 1.82) is 0 Å². The Bertz CT molecular complexity index is 1130. The molecule has 136 valence electrons. The van der Waals surface area contributed by atoms with E-state index in [1.54, 1.807) is 12.3 Å². The van der Waals surface area contributed by atoms with Crippen LogP contribution in [0, 0.1) is 6.92 Å². The molecule has 1 N–H and O–H groups in total. The summed E-state index contributed by atoms with van der Waals surface area (Å²) in [5.74, 6) is 0.657. The Hall–Kier alpha value is -3.28. The second kappa shape index (κ2) is 6.79. The first kappa shape index (κ1) is 17.1. The Labute approximate surface area is 157 Å². The molecule has 0 amide bonds. The SMILES string of the molecule is C=CC1=C(C=C)CC(n2cc(-c3nc(C)nc4[nH]ncc34)ccc2=O)CC1. The van der Waals surface area contributed by atoms with Crippen LogP contribution in [0.1, 0.15) is 31.1 Å². The second-order valence-corrected chi connectivity index (χ2v) is 6.77. The summed E-state index contributed by atoms with van der Waals surface area (Å²) in [6, 6.07) is 3.52. The van der Waals surface area contributed by atoms with Crippen molar-refractivity contribution < 1.29 is 0 Å². The molecular formula is C21H21N5O. The van der Waals surface area contributed by atoms with Crippen LogP contribution in [-0.4, -0.2) is 24.7 Å². The summed E-state index contributed by atoms with van der Waals surface area (Å²) in [4.78, 5) is 21.5. The Morgan fingerprint density at radius 2 is 2.04 bits per heavy atom. The van der Waals surface area contributed by atoms with Crippen LogP contribution in [0.4, 0.5) is 0 Å². The molecule has 6 nitrogen and oxygen atoms in total. The van der Waals surface area contributed by atoms with E-state index >= 15 is 0 Å². The van der Waals surface area contributed by atoms with E-state index in [0.29, 0.717) is 11.5 Å². The minimum absolute atomic E-state index is 0.0107. The maximum atomic E-state index is 12.6. The van der Waals surface area contributed by atoms with E-state index in [9.17, 15) is 4.79 Å². The minimum Gasteiger partial charge on any atom is -0.311 e. The van der Waals surface area contributed by atoms with Gasteiger partial charge in [-0.05, 0) is 43.4 Å². The fourth-order valence-corrected chi connectivity index (χ4v) is 3.75. The molecule has 0 spiro atoms. The van der Waals surface area contributed by atoms with Gasteiger partial charge in [-0.15, -0.1) is 0 Å². The lowest BCUT2D eigenvalue weighted by Gasteiger charge is -2.27. The molecule has 0 saturated heterocycles. The van der Waals surface area contributed by atoms with Gasteiger partial charge in [0, 0.05) is 23.9 Å². The molecule has 1 aliphatic rings. The summed E-state index contributed by atoms with van der Waals surface area (Å²) in [6.07, 6.45) is 9.96. The molecule has 0 saturated carbocycles. The quantitative estimate of drug-likeness (QED) is 0.767. The van der Waals surface area contributed by atoms with Crippen molar-refractivity contribution in [3.63, 3.8) is 0 Å². The average Bonchev–Trinajstić information content (AvgIpc) is 3.15. The molecule has 0 aliphatic heterocycles. The third-order valence-electron chi connectivity index (χ3n) is 5.13. The number of aryl methyl sites for hydroxylation is 1. The van der Waals surface area contributed by atoms with Gasteiger partial charge in [-0.1, -0.05) is 25.3 Å². The van der Waals surface area contributed by atoms with Crippen molar-refractivity contribution in [3.05, 3.63) is 77.2 Å². The molecule has 0 radical (unpaired) electrons. The molecule has 1 atom stereocenters. The van der Waals surface area contributed by atoms with Crippen LogP contribution in [-0.2, 0) is 0 Å². The highest BCUT2D eigenvalue weighted by Gasteiger charge is 2.21. The van der Waals surface area contributed by atoms with Crippen molar-refractivity contribution in [1.82, 2.24) is 24.7 Å². The number of rotatable bonds is 4. The van der Waals surface area contributed by atoms with Crippen molar-refractivity contribution in [3.8, 4) is 11.3 Å². The predicted molar refractivity (Wildman–Crippen MR) is 106 cm³/mol. The number of hydrogen-bond acceptors (Lipinski definition) is 4. The molecule has 4 rings (SSSR count). The van der Waals surface area contributed by atoms with Crippen molar-refractivity contribution in [2.75, 3.05) is 0 Å². The number of aromatic nitrogens is 5. The topological polar surface area (TPSA) is 76.5 Å². The summed E-state index contributed by atoms with van der Waals surface area (Å²) < 4.78 is 1.82. The molecule has 6 heteroatoms. The van der Waals surface area contributed by atoms with E-state index in [1.807, 2.05) is 35.9 Å². The smallest absolute Gasteiger partial charge is 0.250 e. The first-order valence-electron chi connectivity index (χ1n) is 8.98. The van der Waals surface area contributed by atoms with Gasteiger partial charge < -0.3 is 4.57 Å². The first-order chi connectivity index (χ1) is 13.1. The van der Waals surface area contributed by atoms with E-state index in [-0.39, 0.29) is 11.6 Å². The average molecular weight is 359 g/mol. The van der Waals surface area contributed by atoms with Crippen LogP contribution in [0.5, 0.6) is 0 Å². The number of fused-ring (bicyclic) bond motifs is 1. The van der Waals surface area contributed by atoms with Crippen LogP contribution < -0.4 is 5.56 Å². The molecule has 3 heterocycles. The molecule has 0 bridgehead atoms. The Morgan fingerprint density at radius 1 is 1.22 bits per heavy atom. The highest BCUT2D eigenvalue weighted by molar-refractivity contribution is 5.89. The van der Waals surface area contributed by atoms with Crippen molar-refractivity contribution in [2.24, 2.45) is 0 Å². The molecule has 27 heavy (non-hydrogen) atoms. The van der Waals surface area contributed by atoms with Crippen LogP contribution >= 0.6 is 0 Å². The van der Waals surface area contributed by atoms with Gasteiger partial charge in [0.2, 0.25) is 0 Å². The molecule has 0 aromatic carbocycles. The zero-order chi connectivity index (χ0) is 19.0. The standard InChI is InChI=1S/C21H21N5O/c1-4-14-6-8-17(10-15(14)5-2)26-12-16(7-9-19(26)27)20-18-11-22-25-21(18)24-13(3)23-20/h4-5,7,9,11-12,17H,1-2,6,8,10H2,3H3,(H,22,23,24,25). The van der Waals surface area contributed by atoms with E-state index in [0.717, 1.165) is 41.5 Å².